The maximum absolute atomic E-state index is 12.4. The van der Waals surface area contributed by atoms with Gasteiger partial charge in [-0.15, -0.1) is 0 Å². The van der Waals surface area contributed by atoms with Gasteiger partial charge in [0.05, 0.1) is 19.1 Å². The minimum atomic E-state index is -0.710. The number of imide groups is 1. The van der Waals surface area contributed by atoms with Gasteiger partial charge < -0.3 is 20.5 Å². The van der Waals surface area contributed by atoms with Crippen molar-refractivity contribution in [2.24, 2.45) is 0 Å². The molecular weight excluding hydrogens is 370 g/mol. The molecule has 0 aliphatic carbocycles. The highest BCUT2D eigenvalue weighted by molar-refractivity contribution is 6.05. The molecule has 2 fully saturated rings. The number of aliphatic hydroxyl groups is 1. The van der Waals surface area contributed by atoms with Gasteiger partial charge in [-0.1, -0.05) is 0 Å². The first-order chi connectivity index (χ1) is 13.5. The summed E-state index contributed by atoms with van der Waals surface area (Å²) in [5.41, 5.74) is 2.97. The number of carbonyl (C=O) groups is 5. The number of rotatable bonds is 11. The molecule has 2 aliphatic heterocycles. The number of aldehydes is 1. The van der Waals surface area contributed by atoms with E-state index in [1.807, 2.05) is 0 Å². The fourth-order valence-electron chi connectivity index (χ4n) is 3.21. The SMILES string of the molecule is O=C[C@@H]1CCCN1NC1CC(=O)N(CCC(=O)NCCNC(=O)CCO)C1=O. The predicted molar refractivity (Wildman–Crippen MR) is 96.4 cm³/mol. The molecule has 4 N–H and O–H groups in total. The number of nitrogens with one attached hydrogen (secondary N) is 3. The molecule has 2 atom stereocenters. The summed E-state index contributed by atoms with van der Waals surface area (Å²) in [6, 6.07) is -1.00. The highest BCUT2D eigenvalue weighted by Crippen LogP contribution is 2.18. The number of hydrogen-bond donors (Lipinski definition) is 4. The van der Waals surface area contributed by atoms with E-state index in [0.29, 0.717) is 6.54 Å². The molecular formula is C17H27N5O6. The second kappa shape index (κ2) is 10.8. The minimum absolute atomic E-state index is 0.000577. The number of aliphatic hydroxyl groups excluding tert-OH is 1. The van der Waals surface area contributed by atoms with Crippen LogP contribution < -0.4 is 16.1 Å². The molecule has 0 radical (unpaired) electrons. The van der Waals surface area contributed by atoms with Crippen molar-refractivity contribution in [1.82, 2.24) is 26.0 Å². The average Bonchev–Trinajstić information content (AvgIpc) is 3.22. The van der Waals surface area contributed by atoms with Crippen molar-refractivity contribution in [3.05, 3.63) is 0 Å². The van der Waals surface area contributed by atoms with Gasteiger partial charge in [-0.05, 0) is 12.8 Å². The Labute approximate surface area is 162 Å². The lowest BCUT2D eigenvalue weighted by Gasteiger charge is -2.24. The van der Waals surface area contributed by atoms with Gasteiger partial charge >= 0.3 is 0 Å². The molecule has 0 spiro atoms. The zero-order valence-electron chi connectivity index (χ0n) is 15.7. The normalized spacial score (nSPS) is 22.5. The van der Waals surface area contributed by atoms with Gasteiger partial charge in [-0.2, -0.15) is 0 Å². The van der Waals surface area contributed by atoms with E-state index in [-0.39, 0.29) is 69.3 Å². The van der Waals surface area contributed by atoms with Crippen molar-refractivity contribution in [2.45, 2.75) is 44.2 Å². The summed E-state index contributed by atoms with van der Waals surface area (Å²) in [7, 11) is 0. The van der Waals surface area contributed by atoms with E-state index < -0.39 is 11.9 Å². The van der Waals surface area contributed by atoms with Crippen molar-refractivity contribution < 1.29 is 29.1 Å². The van der Waals surface area contributed by atoms with Gasteiger partial charge in [-0.3, -0.25) is 24.1 Å². The van der Waals surface area contributed by atoms with Crippen LogP contribution in [0.15, 0.2) is 0 Å². The first kappa shape index (κ1) is 21.9. The predicted octanol–water partition coefficient (Wildman–Crippen LogP) is -2.71. The third kappa shape index (κ3) is 6.08. The molecule has 0 bridgehead atoms. The smallest absolute Gasteiger partial charge is 0.248 e. The van der Waals surface area contributed by atoms with Gasteiger partial charge in [0.2, 0.25) is 23.6 Å². The molecule has 0 aromatic rings. The molecule has 28 heavy (non-hydrogen) atoms. The molecule has 2 rings (SSSR count). The molecule has 156 valence electrons. The molecule has 0 saturated carbocycles. The van der Waals surface area contributed by atoms with Crippen LogP contribution in [0.3, 0.4) is 0 Å². The standard InChI is InChI=1S/C17H27N5O6/c23-9-4-15(26)19-6-5-18-14(25)3-8-21-16(27)10-13(17(21)28)20-22-7-1-2-12(22)11-24/h11-13,20,23H,1-10H2,(H,18,25)(H,19,26)/t12-,13?/m0/s1. The quantitative estimate of drug-likeness (QED) is 0.167. The first-order valence-electron chi connectivity index (χ1n) is 9.42. The van der Waals surface area contributed by atoms with Crippen molar-refractivity contribution in [3.8, 4) is 0 Å². The fourth-order valence-corrected chi connectivity index (χ4v) is 3.21. The van der Waals surface area contributed by atoms with E-state index in [1.165, 1.54) is 0 Å². The average molecular weight is 397 g/mol. The number of nitrogens with zero attached hydrogens (tertiary/aromatic N) is 2. The van der Waals surface area contributed by atoms with Crippen LogP contribution in [0, 0.1) is 0 Å². The molecule has 2 heterocycles. The Balaban J connectivity index is 1.69. The molecule has 11 nitrogen and oxygen atoms in total. The monoisotopic (exact) mass is 397 g/mol. The third-order valence-electron chi connectivity index (χ3n) is 4.69. The maximum atomic E-state index is 12.4. The Hall–Kier alpha value is -2.37. The zero-order valence-corrected chi connectivity index (χ0v) is 15.7. The number of likely N-dealkylation sites (tertiary alicyclic amines) is 1. The van der Waals surface area contributed by atoms with E-state index in [4.69, 9.17) is 5.11 Å². The minimum Gasteiger partial charge on any atom is -0.396 e. The van der Waals surface area contributed by atoms with Crippen molar-refractivity contribution in [1.29, 1.82) is 0 Å². The molecule has 2 saturated heterocycles. The van der Waals surface area contributed by atoms with Crippen LogP contribution >= 0.6 is 0 Å². The summed E-state index contributed by atoms with van der Waals surface area (Å²) in [6.07, 6.45) is 2.36. The van der Waals surface area contributed by atoms with Crippen molar-refractivity contribution >= 4 is 29.9 Å². The topological polar surface area (TPSA) is 148 Å². The van der Waals surface area contributed by atoms with Crippen LogP contribution in [0.4, 0.5) is 0 Å². The van der Waals surface area contributed by atoms with E-state index in [9.17, 15) is 24.0 Å². The Kier molecular flexibility index (Phi) is 8.48. The maximum Gasteiger partial charge on any atom is 0.248 e. The van der Waals surface area contributed by atoms with Crippen LogP contribution in [-0.4, -0.2) is 89.8 Å². The van der Waals surface area contributed by atoms with Crippen LogP contribution in [0.5, 0.6) is 0 Å². The van der Waals surface area contributed by atoms with Crippen LogP contribution in [0.2, 0.25) is 0 Å². The summed E-state index contributed by atoms with van der Waals surface area (Å²) in [5.74, 6) is -1.40. The second-order valence-corrected chi connectivity index (χ2v) is 6.73. The number of hydrazine groups is 1. The van der Waals surface area contributed by atoms with Gasteiger partial charge in [0.1, 0.15) is 12.3 Å². The Morgan fingerprint density at radius 3 is 2.46 bits per heavy atom. The Morgan fingerprint density at radius 1 is 1.14 bits per heavy atom. The number of amides is 4. The van der Waals surface area contributed by atoms with Crippen LogP contribution in [0.1, 0.15) is 32.1 Å². The Bertz CT molecular complexity index is 613. The fraction of sp³-hybridized carbons (Fsp3) is 0.706. The third-order valence-corrected chi connectivity index (χ3v) is 4.69. The molecule has 2 aliphatic rings. The van der Waals surface area contributed by atoms with Gasteiger partial charge in [-0.25, -0.2) is 10.4 Å². The summed E-state index contributed by atoms with van der Waals surface area (Å²) in [5, 5.41) is 15.4. The summed E-state index contributed by atoms with van der Waals surface area (Å²) in [6.45, 7) is 0.823. The van der Waals surface area contributed by atoms with E-state index in [0.717, 1.165) is 24.0 Å². The first-order valence-corrected chi connectivity index (χ1v) is 9.42. The molecule has 4 amide bonds. The lowest BCUT2D eigenvalue weighted by molar-refractivity contribution is -0.140. The number of hydrogen-bond acceptors (Lipinski definition) is 8. The van der Waals surface area contributed by atoms with Gasteiger partial charge in [0.25, 0.3) is 0 Å². The van der Waals surface area contributed by atoms with Crippen LogP contribution in [0.25, 0.3) is 0 Å². The van der Waals surface area contributed by atoms with Crippen molar-refractivity contribution in [3.63, 3.8) is 0 Å². The molecule has 1 unspecified atom stereocenters. The number of carbonyl (C=O) groups excluding carboxylic acids is 5. The van der Waals surface area contributed by atoms with Crippen molar-refractivity contribution in [2.75, 3.05) is 32.8 Å². The highest BCUT2D eigenvalue weighted by Gasteiger charge is 2.40. The van der Waals surface area contributed by atoms with E-state index in [2.05, 4.69) is 16.1 Å². The molecule has 11 heteroatoms. The summed E-state index contributed by atoms with van der Waals surface area (Å²) >= 11 is 0. The summed E-state index contributed by atoms with van der Waals surface area (Å²) in [4.78, 5) is 59.6. The largest absolute Gasteiger partial charge is 0.396 e. The van der Waals surface area contributed by atoms with E-state index in [1.54, 1.807) is 5.01 Å². The zero-order chi connectivity index (χ0) is 20.5. The summed E-state index contributed by atoms with van der Waals surface area (Å²) < 4.78 is 0. The molecule has 0 aromatic carbocycles. The lowest BCUT2D eigenvalue weighted by atomic mass is 10.2. The Morgan fingerprint density at radius 2 is 1.82 bits per heavy atom. The van der Waals surface area contributed by atoms with Crippen LogP contribution in [-0.2, 0) is 24.0 Å². The highest BCUT2D eigenvalue weighted by atomic mass is 16.3. The molecule has 0 aromatic heterocycles. The second-order valence-electron chi connectivity index (χ2n) is 6.73. The van der Waals surface area contributed by atoms with Gasteiger partial charge in [0, 0.05) is 39.0 Å². The van der Waals surface area contributed by atoms with Gasteiger partial charge in [0.15, 0.2) is 0 Å². The van der Waals surface area contributed by atoms with E-state index >= 15 is 0 Å². The lowest BCUT2D eigenvalue weighted by Crippen LogP contribution is -2.51.